The number of hydrogen-bond donors (Lipinski definition) is 3. The summed E-state index contributed by atoms with van der Waals surface area (Å²) in [5.41, 5.74) is 2.73. The van der Waals surface area contributed by atoms with Crippen molar-refractivity contribution in [1.29, 1.82) is 0 Å². The smallest absolute Gasteiger partial charge is 0.243 e. The summed E-state index contributed by atoms with van der Waals surface area (Å²) in [5.74, 6) is -4.67. The molecule has 3 N–H and O–H groups in total. The largest absolute Gasteiger partial charge is 0.354 e. The third kappa shape index (κ3) is 5.49. The lowest BCUT2D eigenvalue weighted by atomic mass is 10.1. The lowest BCUT2D eigenvalue weighted by molar-refractivity contribution is -0.115. The topological polar surface area (TPSA) is 83.3 Å². The van der Waals surface area contributed by atoms with E-state index in [4.69, 9.17) is 0 Å². The second kappa shape index (κ2) is 9.44. The molecular formula is C19H25F3N6O. The number of halogens is 3. The molecule has 2 rings (SSSR count). The van der Waals surface area contributed by atoms with E-state index in [9.17, 15) is 18.0 Å². The highest BCUT2D eigenvalue weighted by Gasteiger charge is 2.16. The minimum Gasteiger partial charge on any atom is -0.354 e. The number of carbonyl (C=O) groups is 1. The monoisotopic (exact) mass is 410 g/mol. The van der Waals surface area contributed by atoms with Crippen LogP contribution in [0.25, 0.3) is 0 Å². The quantitative estimate of drug-likeness (QED) is 0.387. The van der Waals surface area contributed by atoms with Crippen molar-refractivity contribution in [2.24, 2.45) is 12.0 Å². The maximum atomic E-state index is 13.6. The van der Waals surface area contributed by atoms with Crippen molar-refractivity contribution in [1.82, 2.24) is 20.4 Å². The zero-order chi connectivity index (χ0) is 21.7. The Balaban J connectivity index is 1.90. The minimum absolute atomic E-state index is 0.00509. The van der Waals surface area contributed by atoms with E-state index in [0.29, 0.717) is 12.4 Å². The molecule has 1 amide bonds. The second-order valence-electron chi connectivity index (χ2n) is 6.72. The van der Waals surface area contributed by atoms with Crippen molar-refractivity contribution in [2.45, 2.75) is 33.2 Å². The average molecular weight is 410 g/mol. The van der Waals surface area contributed by atoms with Gasteiger partial charge in [-0.25, -0.2) is 13.2 Å². The molecule has 1 unspecified atom stereocenters. The normalized spacial score (nSPS) is 12.6. The van der Waals surface area contributed by atoms with E-state index in [1.807, 2.05) is 32.5 Å². The van der Waals surface area contributed by atoms with Gasteiger partial charge >= 0.3 is 0 Å². The standard InChI is InChI=1S/C19H25F3N6O/c1-10(8-13-11(2)27-28(5)12(13)3)25-19(23-4)24-9-16(29)26-15-7-6-14(20)17(21)18(15)22/h6-7,10H,8-9H2,1-5H3,(H,26,29)(H2,23,24,25). The first-order valence-corrected chi connectivity index (χ1v) is 9.03. The average Bonchev–Trinajstić information content (AvgIpc) is 2.91. The number of nitrogens with zero attached hydrogens (tertiary/aromatic N) is 3. The highest BCUT2D eigenvalue weighted by atomic mass is 19.2. The van der Waals surface area contributed by atoms with Gasteiger partial charge in [-0.05, 0) is 44.9 Å². The van der Waals surface area contributed by atoms with Crippen molar-refractivity contribution >= 4 is 17.6 Å². The molecule has 1 aromatic carbocycles. The Kier molecular flexibility index (Phi) is 7.24. The highest BCUT2D eigenvalue weighted by molar-refractivity contribution is 5.95. The van der Waals surface area contributed by atoms with Crippen molar-refractivity contribution in [3.8, 4) is 0 Å². The van der Waals surface area contributed by atoms with Crippen molar-refractivity contribution in [3.63, 3.8) is 0 Å². The fourth-order valence-corrected chi connectivity index (χ4v) is 2.88. The summed E-state index contributed by atoms with van der Waals surface area (Å²) < 4.78 is 41.7. The molecule has 1 aromatic heterocycles. The van der Waals surface area contributed by atoms with E-state index >= 15 is 0 Å². The second-order valence-corrected chi connectivity index (χ2v) is 6.72. The molecule has 1 heterocycles. The predicted molar refractivity (Wildman–Crippen MR) is 105 cm³/mol. The third-order valence-corrected chi connectivity index (χ3v) is 4.50. The number of carbonyl (C=O) groups excluding carboxylic acids is 1. The van der Waals surface area contributed by atoms with Crippen LogP contribution in [0.2, 0.25) is 0 Å². The number of rotatable bonds is 6. The number of anilines is 1. The van der Waals surface area contributed by atoms with Crippen molar-refractivity contribution in [2.75, 3.05) is 18.9 Å². The zero-order valence-corrected chi connectivity index (χ0v) is 17.0. The van der Waals surface area contributed by atoms with Crippen LogP contribution < -0.4 is 16.0 Å². The first-order chi connectivity index (χ1) is 13.6. The van der Waals surface area contributed by atoms with E-state index in [2.05, 4.69) is 26.0 Å². The van der Waals surface area contributed by atoms with Crippen LogP contribution in [0.3, 0.4) is 0 Å². The molecule has 2 aromatic rings. The molecule has 0 radical (unpaired) electrons. The van der Waals surface area contributed by atoms with Gasteiger partial charge in [0.25, 0.3) is 0 Å². The van der Waals surface area contributed by atoms with Gasteiger partial charge in [0.05, 0.1) is 17.9 Å². The van der Waals surface area contributed by atoms with Crippen LogP contribution >= 0.6 is 0 Å². The van der Waals surface area contributed by atoms with Crippen molar-refractivity contribution in [3.05, 3.63) is 46.5 Å². The van der Waals surface area contributed by atoms with Gasteiger partial charge in [-0.1, -0.05) is 0 Å². The minimum atomic E-state index is -1.64. The van der Waals surface area contributed by atoms with Crippen LogP contribution in [0.15, 0.2) is 17.1 Å². The van der Waals surface area contributed by atoms with E-state index in [1.165, 1.54) is 0 Å². The first kappa shape index (κ1) is 22.3. The molecule has 1 atom stereocenters. The summed E-state index contributed by atoms with van der Waals surface area (Å²) in [6.07, 6.45) is 0.707. The number of aromatic nitrogens is 2. The molecular weight excluding hydrogens is 385 g/mol. The number of hydrogen-bond acceptors (Lipinski definition) is 3. The molecule has 7 nitrogen and oxygen atoms in total. The lowest BCUT2D eigenvalue weighted by Crippen LogP contribution is -2.45. The number of guanidine groups is 1. The SMILES string of the molecule is CN=C(NCC(=O)Nc1ccc(F)c(F)c1F)NC(C)Cc1c(C)nn(C)c1C. The Labute approximate surface area is 167 Å². The summed E-state index contributed by atoms with van der Waals surface area (Å²) in [7, 11) is 3.44. The number of amides is 1. The zero-order valence-electron chi connectivity index (χ0n) is 17.0. The Morgan fingerprint density at radius 2 is 1.93 bits per heavy atom. The summed E-state index contributed by atoms with van der Waals surface area (Å²) >= 11 is 0. The van der Waals surface area contributed by atoms with E-state index in [0.717, 1.165) is 29.1 Å². The molecule has 0 aliphatic carbocycles. The van der Waals surface area contributed by atoms with Gasteiger partial charge in [0.15, 0.2) is 23.4 Å². The van der Waals surface area contributed by atoms with E-state index < -0.39 is 29.0 Å². The van der Waals surface area contributed by atoms with Gasteiger partial charge in [-0.2, -0.15) is 5.10 Å². The van der Waals surface area contributed by atoms with Gasteiger partial charge in [-0.3, -0.25) is 14.5 Å². The molecule has 0 fully saturated rings. The van der Waals surface area contributed by atoms with Crippen LogP contribution in [0.1, 0.15) is 23.9 Å². The van der Waals surface area contributed by atoms with E-state index in [-0.39, 0.29) is 12.6 Å². The Morgan fingerprint density at radius 1 is 1.24 bits per heavy atom. The van der Waals surface area contributed by atoms with Gasteiger partial charge in [-0.15, -0.1) is 0 Å². The van der Waals surface area contributed by atoms with Crippen molar-refractivity contribution < 1.29 is 18.0 Å². The van der Waals surface area contributed by atoms with Gasteiger partial charge in [0.2, 0.25) is 5.91 Å². The molecule has 158 valence electrons. The fourth-order valence-electron chi connectivity index (χ4n) is 2.88. The summed E-state index contributed by atoms with van der Waals surface area (Å²) in [4.78, 5) is 16.1. The Bertz CT molecular complexity index is 925. The molecule has 0 saturated carbocycles. The number of benzene rings is 1. The molecule has 0 aliphatic rings. The summed E-state index contributed by atoms with van der Waals surface area (Å²) in [5, 5.41) is 12.5. The maximum absolute atomic E-state index is 13.6. The molecule has 0 aliphatic heterocycles. The summed E-state index contributed by atoms with van der Waals surface area (Å²) in [6.45, 7) is 5.67. The van der Waals surface area contributed by atoms with Crippen LogP contribution in [-0.4, -0.2) is 41.3 Å². The Hall–Kier alpha value is -3.04. The molecule has 0 saturated heterocycles. The van der Waals surface area contributed by atoms with Crippen LogP contribution in [0, 0.1) is 31.3 Å². The highest BCUT2D eigenvalue weighted by Crippen LogP contribution is 2.19. The van der Waals surface area contributed by atoms with Crippen LogP contribution in [0.5, 0.6) is 0 Å². The van der Waals surface area contributed by atoms with Crippen LogP contribution in [0.4, 0.5) is 18.9 Å². The van der Waals surface area contributed by atoms with Gasteiger partial charge in [0, 0.05) is 25.8 Å². The lowest BCUT2D eigenvalue weighted by Gasteiger charge is -2.18. The number of aliphatic imine (C=N–C) groups is 1. The predicted octanol–water partition coefficient (Wildman–Crippen LogP) is 2.19. The molecule has 0 spiro atoms. The molecule has 29 heavy (non-hydrogen) atoms. The van der Waals surface area contributed by atoms with Gasteiger partial charge < -0.3 is 16.0 Å². The maximum Gasteiger partial charge on any atom is 0.243 e. The van der Waals surface area contributed by atoms with Crippen LogP contribution in [-0.2, 0) is 18.3 Å². The third-order valence-electron chi connectivity index (χ3n) is 4.50. The fraction of sp³-hybridized carbons (Fsp3) is 0.421. The molecule has 0 bridgehead atoms. The number of nitrogens with one attached hydrogen (secondary N) is 3. The molecule has 10 heteroatoms. The van der Waals surface area contributed by atoms with E-state index in [1.54, 1.807) is 7.05 Å². The number of aryl methyl sites for hydroxylation is 2. The first-order valence-electron chi connectivity index (χ1n) is 9.03. The Morgan fingerprint density at radius 3 is 2.52 bits per heavy atom. The summed E-state index contributed by atoms with van der Waals surface area (Å²) in [6, 6.07) is 1.69. The van der Waals surface area contributed by atoms with Gasteiger partial charge in [0.1, 0.15) is 0 Å².